The van der Waals surface area contributed by atoms with Gasteiger partial charge in [0.1, 0.15) is 10.8 Å². The van der Waals surface area contributed by atoms with E-state index in [0.717, 1.165) is 29.2 Å². The molecule has 8 nitrogen and oxygen atoms in total. The van der Waals surface area contributed by atoms with Gasteiger partial charge in [0, 0.05) is 6.42 Å². The lowest BCUT2D eigenvalue weighted by atomic mass is 10.1. The van der Waals surface area contributed by atoms with Crippen molar-refractivity contribution in [1.29, 1.82) is 0 Å². The maximum atomic E-state index is 12.2. The lowest BCUT2D eigenvalue weighted by molar-refractivity contribution is 0.414. The summed E-state index contributed by atoms with van der Waals surface area (Å²) in [5, 5.41) is 15.3. The summed E-state index contributed by atoms with van der Waals surface area (Å²) in [7, 11) is 1.65. The van der Waals surface area contributed by atoms with Crippen LogP contribution in [0, 0.1) is 0 Å². The van der Waals surface area contributed by atoms with Gasteiger partial charge in [0.15, 0.2) is 5.52 Å². The number of methoxy groups -OCH3 is 1. The molecule has 0 bridgehead atoms. The fraction of sp³-hybridized carbons (Fsp3) is 0.214. The van der Waals surface area contributed by atoms with Crippen LogP contribution in [0.4, 0.5) is 0 Å². The zero-order chi connectivity index (χ0) is 15.8. The van der Waals surface area contributed by atoms with Crippen LogP contribution in [-0.2, 0) is 12.8 Å². The van der Waals surface area contributed by atoms with Crippen LogP contribution in [0.2, 0.25) is 0 Å². The minimum atomic E-state index is -0.303. The second-order valence-electron chi connectivity index (χ2n) is 4.95. The fourth-order valence-corrected chi connectivity index (χ4v) is 3.22. The molecule has 4 rings (SSSR count). The van der Waals surface area contributed by atoms with Gasteiger partial charge in [-0.15, -0.1) is 10.2 Å². The van der Waals surface area contributed by atoms with Crippen LogP contribution in [0.3, 0.4) is 0 Å². The molecule has 9 heteroatoms. The van der Waals surface area contributed by atoms with E-state index < -0.39 is 0 Å². The first-order chi connectivity index (χ1) is 11.2. The van der Waals surface area contributed by atoms with Gasteiger partial charge < -0.3 is 4.74 Å². The highest BCUT2D eigenvalue weighted by molar-refractivity contribution is 7.16. The number of fused-ring (bicyclic) bond motifs is 2. The molecule has 116 valence electrons. The summed E-state index contributed by atoms with van der Waals surface area (Å²) >= 11 is 1.39. The van der Waals surface area contributed by atoms with Gasteiger partial charge in [-0.05, 0) is 24.1 Å². The summed E-state index contributed by atoms with van der Waals surface area (Å²) in [5.74, 6) is 0.830. The summed E-state index contributed by atoms with van der Waals surface area (Å²) in [6.45, 7) is 0. The predicted octanol–water partition coefficient (Wildman–Crippen LogP) is 1.22. The highest BCUT2D eigenvalue weighted by atomic mass is 32.1. The van der Waals surface area contributed by atoms with Gasteiger partial charge in [0.05, 0.1) is 7.11 Å². The van der Waals surface area contributed by atoms with E-state index in [0.29, 0.717) is 10.6 Å². The molecule has 0 saturated carbocycles. The molecule has 0 fully saturated rings. The number of aromatic nitrogens is 6. The van der Waals surface area contributed by atoms with Gasteiger partial charge in [0.2, 0.25) is 10.6 Å². The Labute approximate surface area is 133 Å². The van der Waals surface area contributed by atoms with Crippen molar-refractivity contribution in [3.8, 4) is 5.75 Å². The van der Waals surface area contributed by atoms with E-state index in [2.05, 4.69) is 25.5 Å². The second kappa shape index (κ2) is 5.43. The van der Waals surface area contributed by atoms with Crippen LogP contribution in [0.25, 0.3) is 16.1 Å². The molecule has 1 N–H and O–H groups in total. The van der Waals surface area contributed by atoms with Gasteiger partial charge in [-0.25, -0.2) is 0 Å². The molecular formula is C14H12N6O2S. The highest BCUT2D eigenvalue weighted by Gasteiger charge is 2.13. The quantitative estimate of drug-likeness (QED) is 0.605. The normalized spacial score (nSPS) is 11.3. The van der Waals surface area contributed by atoms with Crippen molar-refractivity contribution < 1.29 is 4.74 Å². The first kappa shape index (κ1) is 13.8. The van der Waals surface area contributed by atoms with Crippen LogP contribution in [0.1, 0.15) is 10.6 Å². The Morgan fingerprint density at radius 2 is 2.22 bits per heavy atom. The number of aromatic amines is 1. The van der Waals surface area contributed by atoms with E-state index in [1.807, 2.05) is 24.3 Å². The van der Waals surface area contributed by atoms with E-state index in [4.69, 9.17) is 4.74 Å². The van der Waals surface area contributed by atoms with Crippen molar-refractivity contribution in [1.82, 2.24) is 30.0 Å². The van der Waals surface area contributed by atoms with Crippen LogP contribution in [0.15, 0.2) is 29.1 Å². The third-order valence-electron chi connectivity index (χ3n) is 3.49. The minimum Gasteiger partial charge on any atom is -0.497 e. The summed E-state index contributed by atoms with van der Waals surface area (Å²) < 4.78 is 6.51. The van der Waals surface area contributed by atoms with E-state index in [1.54, 1.807) is 7.11 Å². The second-order valence-corrected chi connectivity index (χ2v) is 6.00. The SMILES string of the molecule is COc1cccc(CCc2nn3c(=O)c4n[nH]nc4nc3s2)c1. The molecule has 0 spiro atoms. The van der Waals surface area contributed by atoms with Gasteiger partial charge in [0.25, 0.3) is 0 Å². The monoisotopic (exact) mass is 328 g/mol. The number of benzene rings is 1. The van der Waals surface area contributed by atoms with Crippen molar-refractivity contribution in [3.63, 3.8) is 0 Å². The number of hydrogen-bond donors (Lipinski definition) is 1. The van der Waals surface area contributed by atoms with Crippen molar-refractivity contribution in [2.45, 2.75) is 12.8 Å². The highest BCUT2D eigenvalue weighted by Crippen LogP contribution is 2.17. The van der Waals surface area contributed by atoms with Crippen molar-refractivity contribution in [3.05, 3.63) is 45.2 Å². The van der Waals surface area contributed by atoms with Crippen LogP contribution < -0.4 is 10.3 Å². The Hall–Kier alpha value is -2.81. The number of aryl methyl sites for hydroxylation is 2. The van der Waals surface area contributed by atoms with E-state index >= 15 is 0 Å². The van der Waals surface area contributed by atoms with Gasteiger partial charge in [-0.2, -0.15) is 19.8 Å². The molecule has 0 radical (unpaired) electrons. The Morgan fingerprint density at radius 3 is 3.09 bits per heavy atom. The van der Waals surface area contributed by atoms with Crippen LogP contribution in [0.5, 0.6) is 5.75 Å². The van der Waals surface area contributed by atoms with Crippen molar-refractivity contribution in [2.24, 2.45) is 0 Å². The zero-order valence-electron chi connectivity index (χ0n) is 12.2. The summed E-state index contributed by atoms with van der Waals surface area (Å²) in [4.78, 5) is 17.1. The topological polar surface area (TPSA) is 98.1 Å². The molecule has 3 heterocycles. The number of ether oxygens (including phenoxy) is 1. The average molecular weight is 328 g/mol. The maximum Gasteiger partial charge on any atom is 0.305 e. The number of H-pyrrole nitrogens is 1. The van der Waals surface area contributed by atoms with Gasteiger partial charge in [-0.1, -0.05) is 23.5 Å². The van der Waals surface area contributed by atoms with Crippen molar-refractivity contribution in [2.75, 3.05) is 7.11 Å². The van der Waals surface area contributed by atoms with Crippen LogP contribution >= 0.6 is 11.3 Å². The zero-order valence-corrected chi connectivity index (χ0v) is 13.0. The molecule has 1 aromatic carbocycles. The van der Waals surface area contributed by atoms with E-state index in [9.17, 15) is 4.79 Å². The lowest BCUT2D eigenvalue weighted by Crippen LogP contribution is -2.15. The summed E-state index contributed by atoms with van der Waals surface area (Å²) in [6, 6.07) is 7.90. The predicted molar refractivity (Wildman–Crippen MR) is 85.0 cm³/mol. The lowest BCUT2D eigenvalue weighted by Gasteiger charge is -2.02. The Bertz CT molecular complexity index is 1050. The number of hydrogen-bond acceptors (Lipinski definition) is 7. The average Bonchev–Trinajstić information content (AvgIpc) is 3.20. The molecule has 0 saturated heterocycles. The largest absolute Gasteiger partial charge is 0.497 e. The molecule has 0 unspecified atom stereocenters. The molecule has 3 aromatic heterocycles. The molecule has 23 heavy (non-hydrogen) atoms. The third-order valence-corrected chi connectivity index (χ3v) is 4.46. The number of rotatable bonds is 4. The van der Waals surface area contributed by atoms with E-state index in [1.165, 1.54) is 15.9 Å². The first-order valence-electron chi connectivity index (χ1n) is 6.97. The Kier molecular flexibility index (Phi) is 3.27. The maximum absolute atomic E-state index is 12.2. The standard InChI is InChI=1S/C14H12N6O2S/c1-22-9-4-2-3-8(7-9)5-6-10-18-20-13(21)11-12(17-19-16-11)15-14(20)23-10/h2-4,7H,5-6H2,1H3,(H,16,17,19). The molecular weight excluding hydrogens is 316 g/mol. The summed E-state index contributed by atoms with van der Waals surface area (Å²) in [6.07, 6.45) is 1.53. The first-order valence-corrected chi connectivity index (χ1v) is 7.78. The van der Waals surface area contributed by atoms with Gasteiger partial charge in [-0.3, -0.25) is 4.79 Å². The molecule has 0 aliphatic heterocycles. The van der Waals surface area contributed by atoms with E-state index in [-0.39, 0.29) is 11.1 Å². The Balaban J connectivity index is 1.64. The Morgan fingerprint density at radius 1 is 1.30 bits per heavy atom. The molecule has 0 amide bonds. The molecule has 0 aliphatic rings. The third kappa shape index (κ3) is 2.44. The summed E-state index contributed by atoms with van der Waals surface area (Å²) in [5.41, 5.74) is 1.37. The smallest absolute Gasteiger partial charge is 0.305 e. The molecule has 0 aliphatic carbocycles. The number of nitrogens with one attached hydrogen (secondary N) is 1. The molecule has 4 aromatic rings. The molecule has 0 atom stereocenters. The number of nitrogens with zero attached hydrogens (tertiary/aromatic N) is 5. The minimum absolute atomic E-state index is 0.201. The van der Waals surface area contributed by atoms with Gasteiger partial charge >= 0.3 is 5.56 Å². The fourth-order valence-electron chi connectivity index (χ4n) is 2.34. The van der Waals surface area contributed by atoms with Crippen molar-refractivity contribution >= 4 is 27.5 Å². The van der Waals surface area contributed by atoms with Crippen LogP contribution in [-0.4, -0.2) is 37.1 Å².